The van der Waals surface area contributed by atoms with E-state index in [9.17, 15) is 0 Å². The maximum atomic E-state index is 5.88. The molecule has 0 saturated heterocycles. The van der Waals surface area contributed by atoms with Gasteiger partial charge in [0, 0.05) is 23.1 Å². The molecule has 0 aliphatic heterocycles. The van der Waals surface area contributed by atoms with Gasteiger partial charge < -0.3 is 13.9 Å². The zero-order valence-electron chi connectivity index (χ0n) is 16.0. The van der Waals surface area contributed by atoms with E-state index in [1.165, 1.54) is 31.0 Å². The Balaban J connectivity index is 1.41. The van der Waals surface area contributed by atoms with Gasteiger partial charge in [0.25, 0.3) is 5.22 Å². The summed E-state index contributed by atoms with van der Waals surface area (Å²) in [5, 5.41) is 12.1. The molecule has 28 heavy (non-hydrogen) atoms. The minimum atomic E-state index is 0.434. The Morgan fingerprint density at radius 3 is 2.79 bits per heavy atom. The van der Waals surface area contributed by atoms with Crippen molar-refractivity contribution in [1.29, 1.82) is 0 Å². The predicted octanol–water partition coefficient (Wildman–Crippen LogP) is 5.55. The van der Waals surface area contributed by atoms with Gasteiger partial charge in [0.05, 0.1) is 25.5 Å². The summed E-state index contributed by atoms with van der Waals surface area (Å²) in [5.41, 5.74) is 1.95. The fourth-order valence-corrected chi connectivity index (χ4v) is 5.02. The molecule has 4 rings (SSSR count). The van der Waals surface area contributed by atoms with E-state index in [0.717, 1.165) is 46.5 Å². The average molecular weight is 418 g/mol. The summed E-state index contributed by atoms with van der Waals surface area (Å²) in [6, 6.07) is 5.76. The molecule has 2 aromatic heterocycles. The van der Waals surface area contributed by atoms with Crippen molar-refractivity contribution in [2.45, 2.75) is 49.0 Å². The lowest BCUT2D eigenvalue weighted by atomic mass is 9.89. The van der Waals surface area contributed by atoms with Crippen LogP contribution < -0.4 is 9.47 Å². The van der Waals surface area contributed by atoms with Gasteiger partial charge in [-0.1, -0.05) is 31.0 Å². The smallest absolute Gasteiger partial charge is 0.276 e. The molecular weight excluding hydrogens is 394 g/mol. The third-order valence-electron chi connectivity index (χ3n) is 4.91. The number of aromatic nitrogens is 3. The van der Waals surface area contributed by atoms with Crippen LogP contribution in [0.4, 0.5) is 0 Å². The summed E-state index contributed by atoms with van der Waals surface area (Å²) in [4.78, 5) is 4.74. The van der Waals surface area contributed by atoms with Gasteiger partial charge in [-0.05, 0) is 25.0 Å². The van der Waals surface area contributed by atoms with Gasteiger partial charge in [-0.25, -0.2) is 4.98 Å². The van der Waals surface area contributed by atoms with Crippen LogP contribution in [0.5, 0.6) is 11.5 Å². The highest BCUT2D eigenvalue weighted by Gasteiger charge is 2.21. The molecule has 1 aliphatic rings. The van der Waals surface area contributed by atoms with Crippen LogP contribution >= 0.6 is 23.1 Å². The Morgan fingerprint density at radius 1 is 1.14 bits per heavy atom. The van der Waals surface area contributed by atoms with Gasteiger partial charge >= 0.3 is 0 Å². The molecule has 0 bridgehead atoms. The molecule has 1 fully saturated rings. The SMILES string of the molecule is COc1ccc(-c2nc(CSc3nnc(C4CCCCC4)o3)cs2)c(OC)c1. The number of ether oxygens (including phenoxy) is 2. The van der Waals surface area contributed by atoms with Crippen molar-refractivity contribution in [3.63, 3.8) is 0 Å². The standard InChI is InChI=1S/C20H23N3O3S2/c1-24-15-8-9-16(17(10-15)25-2)19-21-14(11-27-19)12-28-20-23-22-18(26-20)13-6-4-3-5-7-13/h8-11,13H,3-7,12H2,1-2H3. The fraction of sp³-hybridized carbons (Fsp3) is 0.450. The van der Waals surface area contributed by atoms with E-state index in [-0.39, 0.29) is 0 Å². The second-order valence-electron chi connectivity index (χ2n) is 6.74. The van der Waals surface area contributed by atoms with Crippen LogP contribution in [0, 0.1) is 0 Å². The highest BCUT2D eigenvalue weighted by Crippen LogP contribution is 2.36. The van der Waals surface area contributed by atoms with Crippen LogP contribution in [0.2, 0.25) is 0 Å². The van der Waals surface area contributed by atoms with Gasteiger partial charge in [-0.3, -0.25) is 0 Å². The first-order valence-corrected chi connectivity index (χ1v) is 11.3. The van der Waals surface area contributed by atoms with Gasteiger partial charge in [0.2, 0.25) is 5.89 Å². The topological polar surface area (TPSA) is 70.3 Å². The minimum absolute atomic E-state index is 0.434. The molecule has 6 nitrogen and oxygen atoms in total. The quantitative estimate of drug-likeness (QED) is 0.467. The van der Waals surface area contributed by atoms with E-state index in [1.807, 2.05) is 18.2 Å². The maximum Gasteiger partial charge on any atom is 0.276 e. The second-order valence-corrected chi connectivity index (χ2v) is 8.52. The first-order valence-electron chi connectivity index (χ1n) is 9.40. The molecule has 3 aromatic rings. The van der Waals surface area contributed by atoms with Crippen LogP contribution in [0.25, 0.3) is 10.6 Å². The van der Waals surface area contributed by atoms with Crippen molar-refractivity contribution in [2.24, 2.45) is 0 Å². The van der Waals surface area contributed by atoms with Crippen LogP contribution in [0.15, 0.2) is 33.2 Å². The van der Waals surface area contributed by atoms with Crippen molar-refractivity contribution < 1.29 is 13.9 Å². The van der Waals surface area contributed by atoms with Crippen LogP contribution in [-0.4, -0.2) is 29.4 Å². The number of benzene rings is 1. The predicted molar refractivity (Wildman–Crippen MR) is 110 cm³/mol. The molecule has 1 aliphatic carbocycles. The van der Waals surface area contributed by atoms with Gasteiger partial charge in [-0.15, -0.1) is 21.5 Å². The Hall–Kier alpha value is -2.06. The third kappa shape index (κ3) is 4.33. The van der Waals surface area contributed by atoms with Gasteiger partial charge in [-0.2, -0.15) is 0 Å². The third-order valence-corrected chi connectivity index (χ3v) is 6.69. The van der Waals surface area contributed by atoms with E-state index in [1.54, 1.807) is 25.6 Å². The van der Waals surface area contributed by atoms with E-state index < -0.39 is 0 Å². The zero-order valence-corrected chi connectivity index (χ0v) is 17.6. The Labute approximate surface area is 172 Å². The fourth-order valence-electron chi connectivity index (χ4n) is 3.40. The molecule has 0 radical (unpaired) electrons. The van der Waals surface area contributed by atoms with Crippen LogP contribution in [0.1, 0.15) is 49.6 Å². The normalized spacial score (nSPS) is 14.9. The van der Waals surface area contributed by atoms with Crippen molar-refractivity contribution in [2.75, 3.05) is 14.2 Å². The lowest BCUT2D eigenvalue weighted by molar-refractivity contribution is 0.334. The van der Waals surface area contributed by atoms with Crippen LogP contribution in [0.3, 0.4) is 0 Å². The average Bonchev–Trinajstić information content (AvgIpc) is 3.42. The minimum Gasteiger partial charge on any atom is -0.497 e. The van der Waals surface area contributed by atoms with Gasteiger partial charge in [0.1, 0.15) is 16.5 Å². The van der Waals surface area contributed by atoms with Gasteiger partial charge in [0.15, 0.2) is 0 Å². The Bertz CT molecular complexity index is 919. The van der Waals surface area contributed by atoms with Crippen molar-refractivity contribution in [3.05, 3.63) is 35.2 Å². The Morgan fingerprint density at radius 2 is 2.00 bits per heavy atom. The largest absolute Gasteiger partial charge is 0.497 e. The molecule has 1 aromatic carbocycles. The number of hydrogen-bond donors (Lipinski definition) is 0. The van der Waals surface area contributed by atoms with E-state index >= 15 is 0 Å². The number of nitrogens with zero attached hydrogens (tertiary/aromatic N) is 3. The number of methoxy groups -OCH3 is 2. The summed E-state index contributed by atoms with van der Waals surface area (Å²) < 4.78 is 16.6. The molecule has 1 saturated carbocycles. The lowest BCUT2D eigenvalue weighted by Gasteiger charge is -2.17. The summed E-state index contributed by atoms with van der Waals surface area (Å²) in [6.07, 6.45) is 6.14. The van der Waals surface area contributed by atoms with Crippen LogP contribution in [-0.2, 0) is 5.75 Å². The molecular formula is C20H23N3O3S2. The van der Waals surface area contributed by atoms with E-state index in [4.69, 9.17) is 18.9 Å². The highest BCUT2D eigenvalue weighted by molar-refractivity contribution is 7.98. The van der Waals surface area contributed by atoms with E-state index in [2.05, 4.69) is 15.6 Å². The van der Waals surface area contributed by atoms with Crippen molar-refractivity contribution in [3.8, 4) is 22.1 Å². The summed E-state index contributed by atoms with van der Waals surface area (Å²) in [6.45, 7) is 0. The summed E-state index contributed by atoms with van der Waals surface area (Å²) >= 11 is 3.13. The molecule has 0 N–H and O–H groups in total. The molecule has 0 unspecified atom stereocenters. The zero-order chi connectivity index (χ0) is 19.3. The number of thiazole rings is 1. The molecule has 8 heteroatoms. The first-order chi connectivity index (χ1) is 13.8. The number of rotatable bonds is 7. The molecule has 0 atom stereocenters. The highest BCUT2D eigenvalue weighted by atomic mass is 32.2. The summed E-state index contributed by atoms with van der Waals surface area (Å²) in [7, 11) is 3.30. The monoisotopic (exact) mass is 417 g/mol. The number of thioether (sulfide) groups is 1. The molecule has 2 heterocycles. The second kappa shape index (κ2) is 8.96. The molecule has 0 spiro atoms. The van der Waals surface area contributed by atoms with Crippen molar-refractivity contribution >= 4 is 23.1 Å². The van der Waals surface area contributed by atoms with Crippen molar-refractivity contribution in [1.82, 2.24) is 15.2 Å². The lowest BCUT2D eigenvalue weighted by Crippen LogP contribution is -2.04. The maximum absolute atomic E-state index is 5.88. The molecule has 148 valence electrons. The Kier molecular flexibility index (Phi) is 6.17. The molecule has 0 amide bonds. The first kappa shape index (κ1) is 19.3. The summed E-state index contributed by atoms with van der Waals surface area (Å²) in [5.74, 6) is 3.44. The van der Waals surface area contributed by atoms with E-state index in [0.29, 0.717) is 16.9 Å². The number of hydrogen-bond acceptors (Lipinski definition) is 8.